The Morgan fingerprint density at radius 1 is 1.28 bits per heavy atom. The zero-order valence-electron chi connectivity index (χ0n) is 13.1. The van der Waals surface area contributed by atoms with Crippen molar-refractivity contribution < 1.29 is 14.5 Å². The summed E-state index contributed by atoms with van der Waals surface area (Å²) in [5.74, 6) is -0.0972. The van der Waals surface area contributed by atoms with Gasteiger partial charge in [-0.25, -0.2) is 0 Å². The average molecular weight is 424 g/mol. The van der Waals surface area contributed by atoms with Crippen molar-refractivity contribution in [1.82, 2.24) is 5.32 Å². The molecular weight excluding hydrogens is 410 g/mol. The van der Waals surface area contributed by atoms with Crippen molar-refractivity contribution in [2.75, 3.05) is 11.9 Å². The number of nitro groups is 1. The summed E-state index contributed by atoms with van der Waals surface area (Å²) in [7, 11) is 0. The van der Waals surface area contributed by atoms with Gasteiger partial charge in [0.15, 0.2) is 11.7 Å². The quantitative estimate of drug-likeness (QED) is 0.433. The number of carbonyl (C=O) groups is 1. The van der Waals surface area contributed by atoms with E-state index in [-0.39, 0.29) is 17.4 Å². The summed E-state index contributed by atoms with van der Waals surface area (Å²) in [6.07, 6.45) is 0. The van der Waals surface area contributed by atoms with Crippen LogP contribution >= 0.6 is 28.1 Å². The third kappa shape index (κ3) is 5.80. The van der Waals surface area contributed by atoms with Crippen LogP contribution in [0.1, 0.15) is 5.56 Å². The molecule has 0 unspecified atom stereocenters. The number of halogens is 1. The first-order chi connectivity index (χ1) is 11.8. The maximum absolute atomic E-state index is 11.8. The number of aryl methyl sites for hydroxylation is 1. The number of carbonyl (C=O) groups excluding carboxylic acids is 1. The molecule has 0 fully saturated rings. The van der Waals surface area contributed by atoms with E-state index in [9.17, 15) is 14.9 Å². The molecule has 2 N–H and O–H groups in total. The van der Waals surface area contributed by atoms with Gasteiger partial charge in [-0.1, -0.05) is 6.07 Å². The number of benzene rings is 2. The molecule has 2 aromatic carbocycles. The molecule has 0 aromatic heterocycles. The van der Waals surface area contributed by atoms with Gasteiger partial charge in [0.05, 0.1) is 10.6 Å². The standard InChI is InChI=1S/C16H14BrN3O4S/c1-10-2-7-14(13(17)8-10)18-16(25)19-15(21)9-24-12-5-3-11(4-6-12)20(22)23/h2-8H,9H2,1H3,(H2,18,19,21,25). The lowest BCUT2D eigenvalue weighted by atomic mass is 10.2. The summed E-state index contributed by atoms with van der Waals surface area (Å²) in [5.41, 5.74) is 1.77. The second kappa shape index (κ2) is 8.54. The molecule has 0 saturated heterocycles. The number of rotatable bonds is 5. The highest BCUT2D eigenvalue weighted by molar-refractivity contribution is 9.10. The van der Waals surface area contributed by atoms with Crippen LogP contribution in [0, 0.1) is 17.0 Å². The summed E-state index contributed by atoms with van der Waals surface area (Å²) < 4.78 is 6.09. The first kappa shape index (κ1) is 18.8. The van der Waals surface area contributed by atoms with E-state index in [1.54, 1.807) is 0 Å². The molecule has 9 heteroatoms. The van der Waals surface area contributed by atoms with Gasteiger partial charge in [-0.2, -0.15) is 0 Å². The third-order valence-electron chi connectivity index (χ3n) is 3.04. The number of hydrogen-bond acceptors (Lipinski definition) is 5. The molecule has 0 atom stereocenters. The number of ether oxygens (including phenoxy) is 1. The minimum absolute atomic E-state index is 0.0501. The van der Waals surface area contributed by atoms with Gasteiger partial charge in [0.25, 0.3) is 11.6 Å². The fourth-order valence-corrected chi connectivity index (χ4v) is 2.67. The number of amides is 1. The Hall–Kier alpha value is -2.52. The number of anilines is 1. The molecule has 0 bridgehead atoms. The molecule has 0 aliphatic carbocycles. The first-order valence-corrected chi connectivity index (χ1v) is 8.29. The second-order valence-corrected chi connectivity index (χ2v) is 6.29. The summed E-state index contributed by atoms with van der Waals surface area (Å²) >= 11 is 8.50. The van der Waals surface area contributed by atoms with Crippen LogP contribution in [0.4, 0.5) is 11.4 Å². The van der Waals surface area contributed by atoms with Crippen molar-refractivity contribution in [1.29, 1.82) is 0 Å². The largest absolute Gasteiger partial charge is 0.484 e. The van der Waals surface area contributed by atoms with E-state index in [2.05, 4.69) is 26.6 Å². The molecule has 0 aliphatic rings. The van der Waals surface area contributed by atoms with Crippen LogP contribution in [0.5, 0.6) is 5.75 Å². The fourth-order valence-electron chi connectivity index (χ4n) is 1.85. The molecule has 1 amide bonds. The van der Waals surface area contributed by atoms with Crippen molar-refractivity contribution >= 4 is 50.5 Å². The predicted molar refractivity (Wildman–Crippen MR) is 102 cm³/mol. The van der Waals surface area contributed by atoms with Crippen molar-refractivity contribution in [2.24, 2.45) is 0 Å². The highest BCUT2D eigenvalue weighted by Crippen LogP contribution is 2.23. The van der Waals surface area contributed by atoms with Crippen LogP contribution in [-0.4, -0.2) is 22.5 Å². The second-order valence-electron chi connectivity index (χ2n) is 5.03. The Kier molecular flexibility index (Phi) is 6.43. The van der Waals surface area contributed by atoms with Gasteiger partial charge in [0, 0.05) is 16.6 Å². The lowest BCUT2D eigenvalue weighted by molar-refractivity contribution is -0.384. The van der Waals surface area contributed by atoms with Gasteiger partial charge in [-0.05, 0) is 64.9 Å². The fraction of sp³-hybridized carbons (Fsp3) is 0.125. The van der Waals surface area contributed by atoms with Gasteiger partial charge in [0.1, 0.15) is 5.75 Å². The van der Waals surface area contributed by atoms with Crippen molar-refractivity contribution in [3.63, 3.8) is 0 Å². The van der Waals surface area contributed by atoms with Crippen LogP contribution in [0.3, 0.4) is 0 Å². The van der Waals surface area contributed by atoms with Gasteiger partial charge in [-0.15, -0.1) is 0 Å². The monoisotopic (exact) mass is 423 g/mol. The Balaban J connectivity index is 1.83. The predicted octanol–water partition coefficient (Wildman–Crippen LogP) is 3.56. The topological polar surface area (TPSA) is 93.5 Å². The minimum Gasteiger partial charge on any atom is -0.484 e. The van der Waals surface area contributed by atoms with Gasteiger partial charge < -0.3 is 10.1 Å². The smallest absolute Gasteiger partial charge is 0.269 e. The van der Waals surface area contributed by atoms with Crippen LogP contribution < -0.4 is 15.4 Å². The lowest BCUT2D eigenvalue weighted by Gasteiger charge is -2.12. The van der Waals surface area contributed by atoms with E-state index in [0.29, 0.717) is 5.75 Å². The maximum Gasteiger partial charge on any atom is 0.269 e. The number of hydrogen-bond donors (Lipinski definition) is 2. The van der Waals surface area contributed by atoms with Gasteiger partial charge in [0.2, 0.25) is 0 Å². The van der Waals surface area contributed by atoms with E-state index in [4.69, 9.17) is 17.0 Å². The first-order valence-electron chi connectivity index (χ1n) is 7.09. The zero-order chi connectivity index (χ0) is 18.4. The summed E-state index contributed by atoms with van der Waals surface area (Å²) in [6.45, 7) is 1.69. The molecule has 2 aromatic rings. The molecule has 25 heavy (non-hydrogen) atoms. The summed E-state index contributed by atoms with van der Waals surface area (Å²) in [5, 5.41) is 16.1. The third-order valence-corrected chi connectivity index (χ3v) is 3.90. The molecule has 0 aliphatic heterocycles. The van der Waals surface area contributed by atoms with Crippen molar-refractivity contribution in [3.8, 4) is 5.75 Å². The van der Waals surface area contributed by atoms with Gasteiger partial charge >= 0.3 is 0 Å². The Labute approximate surface area is 157 Å². The van der Waals surface area contributed by atoms with Crippen molar-refractivity contribution in [2.45, 2.75) is 6.92 Å². The molecule has 0 saturated carbocycles. The van der Waals surface area contributed by atoms with E-state index in [0.717, 1.165) is 15.7 Å². The summed E-state index contributed by atoms with van der Waals surface area (Å²) in [4.78, 5) is 21.9. The minimum atomic E-state index is -0.510. The number of nitro benzene ring substituents is 1. The zero-order valence-corrected chi connectivity index (χ0v) is 15.5. The van der Waals surface area contributed by atoms with Gasteiger partial charge in [-0.3, -0.25) is 20.2 Å². The number of thiocarbonyl (C=S) groups is 1. The average Bonchev–Trinajstić information content (AvgIpc) is 2.56. The SMILES string of the molecule is Cc1ccc(NC(=S)NC(=O)COc2ccc([N+](=O)[O-])cc2)c(Br)c1. The van der Waals surface area contributed by atoms with E-state index < -0.39 is 10.8 Å². The maximum atomic E-state index is 11.8. The molecule has 7 nitrogen and oxygen atoms in total. The lowest BCUT2D eigenvalue weighted by Crippen LogP contribution is -2.37. The number of non-ortho nitro benzene ring substituents is 1. The molecule has 2 rings (SSSR count). The molecule has 130 valence electrons. The van der Waals surface area contributed by atoms with Crippen LogP contribution in [0.25, 0.3) is 0 Å². The van der Waals surface area contributed by atoms with E-state index in [1.165, 1.54) is 24.3 Å². The normalized spacial score (nSPS) is 10.0. The number of nitrogens with one attached hydrogen (secondary N) is 2. The molecule has 0 spiro atoms. The molecule has 0 heterocycles. The highest BCUT2D eigenvalue weighted by Gasteiger charge is 2.09. The molecule has 0 radical (unpaired) electrons. The molecular formula is C16H14BrN3O4S. The van der Waals surface area contributed by atoms with Crippen LogP contribution in [-0.2, 0) is 4.79 Å². The van der Waals surface area contributed by atoms with Crippen LogP contribution in [0.2, 0.25) is 0 Å². The Morgan fingerprint density at radius 2 is 1.96 bits per heavy atom. The van der Waals surface area contributed by atoms with Crippen LogP contribution in [0.15, 0.2) is 46.9 Å². The number of nitrogens with zero attached hydrogens (tertiary/aromatic N) is 1. The Morgan fingerprint density at radius 3 is 2.56 bits per heavy atom. The Bertz CT molecular complexity index is 812. The van der Waals surface area contributed by atoms with E-state index in [1.807, 2.05) is 25.1 Å². The van der Waals surface area contributed by atoms with Crippen molar-refractivity contribution in [3.05, 3.63) is 62.6 Å². The summed E-state index contributed by atoms with van der Waals surface area (Å²) in [6, 6.07) is 11.1. The van der Waals surface area contributed by atoms with E-state index >= 15 is 0 Å². The highest BCUT2D eigenvalue weighted by atomic mass is 79.9.